The van der Waals surface area contributed by atoms with Crippen molar-refractivity contribution in [3.05, 3.63) is 33.5 Å². The summed E-state index contributed by atoms with van der Waals surface area (Å²) in [6, 6.07) is 2.06. The molecule has 0 aromatic carbocycles. The summed E-state index contributed by atoms with van der Waals surface area (Å²) in [5.41, 5.74) is 2.37. The number of amides is 1. The van der Waals surface area contributed by atoms with Gasteiger partial charge in [0.2, 0.25) is 0 Å². The van der Waals surface area contributed by atoms with Gasteiger partial charge in [0, 0.05) is 11.4 Å². The highest BCUT2D eigenvalue weighted by Crippen LogP contribution is 2.29. The number of carbonyl (C=O) groups excluding carboxylic acids is 1. The van der Waals surface area contributed by atoms with E-state index in [1.54, 1.807) is 11.3 Å². The first kappa shape index (κ1) is 11.4. The smallest absolute Gasteiger partial charge is 0.261 e. The Morgan fingerprint density at radius 2 is 2.25 bits per heavy atom. The Morgan fingerprint density at radius 1 is 1.50 bits per heavy atom. The van der Waals surface area contributed by atoms with E-state index in [0.717, 1.165) is 23.3 Å². The zero-order valence-corrected chi connectivity index (χ0v) is 10.5. The molecule has 2 rings (SSSR count). The van der Waals surface area contributed by atoms with Crippen molar-refractivity contribution < 1.29 is 4.79 Å². The summed E-state index contributed by atoms with van der Waals surface area (Å²) in [5, 5.41) is 2.88. The van der Waals surface area contributed by atoms with Crippen molar-refractivity contribution in [3.63, 3.8) is 0 Å². The highest BCUT2D eigenvalue weighted by molar-refractivity contribution is 7.14. The lowest BCUT2D eigenvalue weighted by Gasteiger charge is -2.08. The van der Waals surface area contributed by atoms with E-state index in [1.165, 1.54) is 23.3 Å². The van der Waals surface area contributed by atoms with Gasteiger partial charge in [-0.15, -0.1) is 11.3 Å². The number of thiophene rings is 1. The molecule has 0 fully saturated rings. The molecule has 0 spiro atoms. The molecule has 3 heteroatoms. The topological polar surface area (TPSA) is 29.1 Å². The average molecular weight is 235 g/mol. The quantitative estimate of drug-likeness (QED) is 0.802. The second kappa shape index (κ2) is 4.83. The summed E-state index contributed by atoms with van der Waals surface area (Å²) >= 11 is 1.65. The molecule has 1 amide bonds. The molecule has 1 aromatic rings. The number of fused-ring (bicyclic) bond motifs is 1. The fraction of sp³-hybridized carbons (Fsp3) is 0.462. The standard InChI is InChI=1S/C13H17NOS/c1-9(2)8-14-13(15)12-7-10-5-3-4-6-11(10)16-12/h7H,1,3-6,8H2,2H3,(H,14,15). The monoisotopic (exact) mass is 235 g/mol. The maximum Gasteiger partial charge on any atom is 0.261 e. The average Bonchev–Trinajstić information content (AvgIpc) is 2.69. The molecule has 0 saturated carbocycles. The molecule has 1 aliphatic rings. The van der Waals surface area contributed by atoms with Crippen LogP contribution in [0.3, 0.4) is 0 Å². The number of hydrogen-bond donors (Lipinski definition) is 1. The molecule has 1 heterocycles. The van der Waals surface area contributed by atoms with Crippen LogP contribution in [0.25, 0.3) is 0 Å². The van der Waals surface area contributed by atoms with Gasteiger partial charge in [0.25, 0.3) is 5.91 Å². The Balaban J connectivity index is 2.06. The third-order valence-corrected chi connectivity index (χ3v) is 4.01. The molecule has 1 aliphatic carbocycles. The van der Waals surface area contributed by atoms with E-state index in [1.807, 2.05) is 6.92 Å². The van der Waals surface area contributed by atoms with Crippen LogP contribution in [0.15, 0.2) is 18.2 Å². The predicted molar refractivity (Wildman–Crippen MR) is 68.1 cm³/mol. The van der Waals surface area contributed by atoms with Crippen LogP contribution < -0.4 is 5.32 Å². The summed E-state index contributed by atoms with van der Waals surface area (Å²) in [5.74, 6) is 0.0439. The van der Waals surface area contributed by atoms with E-state index in [2.05, 4.69) is 18.0 Å². The molecule has 0 radical (unpaired) electrons. The zero-order valence-electron chi connectivity index (χ0n) is 9.64. The van der Waals surface area contributed by atoms with Crippen molar-refractivity contribution in [2.24, 2.45) is 0 Å². The summed E-state index contributed by atoms with van der Waals surface area (Å²) in [4.78, 5) is 14.1. The molecule has 0 unspecified atom stereocenters. The largest absolute Gasteiger partial charge is 0.348 e. The highest BCUT2D eigenvalue weighted by atomic mass is 32.1. The first-order valence-electron chi connectivity index (χ1n) is 5.71. The van der Waals surface area contributed by atoms with Crippen LogP contribution in [0.1, 0.15) is 39.9 Å². The molecule has 1 aromatic heterocycles. The molecule has 16 heavy (non-hydrogen) atoms. The van der Waals surface area contributed by atoms with Crippen LogP contribution in [0.4, 0.5) is 0 Å². The SMILES string of the molecule is C=C(C)CNC(=O)c1cc2c(s1)CCCC2. The Morgan fingerprint density at radius 3 is 2.94 bits per heavy atom. The molecule has 2 nitrogen and oxygen atoms in total. The van der Waals surface area contributed by atoms with Gasteiger partial charge in [0.15, 0.2) is 0 Å². The van der Waals surface area contributed by atoms with Gasteiger partial charge in [-0.2, -0.15) is 0 Å². The number of nitrogens with one attached hydrogen (secondary N) is 1. The van der Waals surface area contributed by atoms with Gasteiger partial charge in [-0.1, -0.05) is 12.2 Å². The Hall–Kier alpha value is -1.09. The maximum atomic E-state index is 11.8. The van der Waals surface area contributed by atoms with Gasteiger partial charge in [0.05, 0.1) is 4.88 Å². The van der Waals surface area contributed by atoms with Gasteiger partial charge in [-0.3, -0.25) is 4.79 Å². The van der Waals surface area contributed by atoms with Crippen molar-refractivity contribution in [3.8, 4) is 0 Å². The summed E-state index contributed by atoms with van der Waals surface area (Å²) < 4.78 is 0. The minimum absolute atomic E-state index is 0.0439. The molecule has 86 valence electrons. The lowest BCUT2D eigenvalue weighted by molar-refractivity contribution is 0.0961. The fourth-order valence-electron chi connectivity index (χ4n) is 1.92. The maximum absolute atomic E-state index is 11.8. The molecule has 0 aliphatic heterocycles. The van der Waals surface area contributed by atoms with E-state index in [4.69, 9.17) is 0 Å². The van der Waals surface area contributed by atoms with Crippen LogP contribution in [-0.2, 0) is 12.8 Å². The number of aryl methyl sites for hydroxylation is 2. The Bertz CT molecular complexity index is 396. The van der Waals surface area contributed by atoms with E-state index in [-0.39, 0.29) is 5.91 Å². The van der Waals surface area contributed by atoms with Crippen LogP contribution in [0, 0.1) is 0 Å². The highest BCUT2D eigenvalue weighted by Gasteiger charge is 2.16. The van der Waals surface area contributed by atoms with Crippen molar-refractivity contribution in [2.45, 2.75) is 32.6 Å². The van der Waals surface area contributed by atoms with Gasteiger partial charge >= 0.3 is 0 Å². The summed E-state index contributed by atoms with van der Waals surface area (Å²) in [6.07, 6.45) is 4.81. The third kappa shape index (κ3) is 2.53. The minimum atomic E-state index is 0.0439. The van der Waals surface area contributed by atoms with Crippen LogP contribution in [-0.4, -0.2) is 12.5 Å². The lowest BCUT2D eigenvalue weighted by atomic mass is 9.99. The zero-order chi connectivity index (χ0) is 11.5. The van der Waals surface area contributed by atoms with Crippen LogP contribution in [0.2, 0.25) is 0 Å². The number of rotatable bonds is 3. The third-order valence-electron chi connectivity index (χ3n) is 2.77. The van der Waals surface area contributed by atoms with Crippen molar-refractivity contribution in [2.75, 3.05) is 6.54 Å². The van der Waals surface area contributed by atoms with Gasteiger partial charge < -0.3 is 5.32 Å². The van der Waals surface area contributed by atoms with E-state index >= 15 is 0 Å². The molecule has 0 bridgehead atoms. The Kier molecular flexibility index (Phi) is 3.44. The molecular weight excluding hydrogens is 218 g/mol. The van der Waals surface area contributed by atoms with Crippen molar-refractivity contribution in [1.82, 2.24) is 5.32 Å². The molecular formula is C13H17NOS. The predicted octanol–water partition coefficient (Wildman–Crippen LogP) is 2.93. The van der Waals surface area contributed by atoms with E-state index in [0.29, 0.717) is 6.54 Å². The number of carbonyl (C=O) groups is 1. The first-order chi connectivity index (χ1) is 7.66. The lowest BCUT2D eigenvalue weighted by Crippen LogP contribution is -2.23. The second-order valence-electron chi connectivity index (χ2n) is 4.41. The van der Waals surface area contributed by atoms with Crippen LogP contribution >= 0.6 is 11.3 Å². The number of hydrogen-bond acceptors (Lipinski definition) is 2. The van der Waals surface area contributed by atoms with E-state index in [9.17, 15) is 4.79 Å². The van der Waals surface area contributed by atoms with Gasteiger partial charge in [-0.05, 0) is 44.2 Å². The van der Waals surface area contributed by atoms with Gasteiger partial charge in [-0.25, -0.2) is 0 Å². The Labute approximate surface area is 100 Å². The summed E-state index contributed by atoms with van der Waals surface area (Å²) in [7, 11) is 0. The minimum Gasteiger partial charge on any atom is -0.348 e. The van der Waals surface area contributed by atoms with Crippen LogP contribution in [0.5, 0.6) is 0 Å². The molecule has 1 N–H and O–H groups in total. The van der Waals surface area contributed by atoms with Crippen molar-refractivity contribution >= 4 is 17.2 Å². The van der Waals surface area contributed by atoms with E-state index < -0.39 is 0 Å². The normalized spacial score (nSPS) is 14.3. The van der Waals surface area contributed by atoms with Gasteiger partial charge in [0.1, 0.15) is 0 Å². The summed E-state index contributed by atoms with van der Waals surface area (Å²) in [6.45, 7) is 6.26. The molecule has 0 atom stereocenters. The first-order valence-corrected chi connectivity index (χ1v) is 6.52. The fourth-order valence-corrected chi connectivity index (χ4v) is 3.09. The van der Waals surface area contributed by atoms with Crippen molar-refractivity contribution in [1.29, 1.82) is 0 Å². The second-order valence-corrected chi connectivity index (χ2v) is 5.54. The molecule has 0 saturated heterocycles.